The monoisotopic (exact) mass is 414 g/mol. The number of hydrogen-bond donors (Lipinski definition) is 3. The highest BCUT2D eigenvalue weighted by atomic mass is 32.1. The largest absolute Gasteiger partial charge is 0.497 e. The van der Waals surface area contributed by atoms with Crippen molar-refractivity contribution in [3.05, 3.63) is 46.3 Å². The summed E-state index contributed by atoms with van der Waals surface area (Å²) in [7, 11) is 5.16. The molecule has 7 heteroatoms. The van der Waals surface area contributed by atoms with Crippen molar-refractivity contribution in [2.24, 2.45) is 4.99 Å². The smallest absolute Gasteiger partial charge is 0.190 e. The summed E-state index contributed by atoms with van der Waals surface area (Å²) < 4.78 is 10.8. The number of ether oxygens (including phenoxy) is 2. The zero-order valence-electron chi connectivity index (χ0n) is 17.5. The zero-order valence-corrected chi connectivity index (χ0v) is 18.4. The molecule has 0 fully saturated rings. The number of fused-ring (bicyclic) bond motifs is 1. The number of methoxy groups -OCH3 is 2. The van der Waals surface area contributed by atoms with Crippen LogP contribution in [0.15, 0.2) is 40.7 Å². The van der Waals surface area contributed by atoms with Crippen molar-refractivity contribution in [3.8, 4) is 11.5 Å². The highest BCUT2D eigenvalue weighted by Crippen LogP contribution is 2.31. The molecule has 6 nitrogen and oxygen atoms in total. The highest BCUT2D eigenvalue weighted by molar-refractivity contribution is 7.10. The van der Waals surface area contributed by atoms with Crippen molar-refractivity contribution in [3.63, 3.8) is 0 Å². The van der Waals surface area contributed by atoms with E-state index in [4.69, 9.17) is 9.47 Å². The van der Waals surface area contributed by atoms with Crippen LogP contribution in [0.4, 0.5) is 0 Å². The first kappa shape index (κ1) is 21.0. The van der Waals surface area contributed by atoms with Gasteiger partial charge in [-0.2, -0.15) is 0 Å². The second-order valence-corrected chi connectivity index (χ2v) is 7.96. The van der Waals surface area contributed by atoms with Crippen molar-refractivity contribution < 1.29 is 9.47 Å². The molecule has 0 spiro atoms. The molecule has 1 aromatic carbocycles. The minimum Gasteiger partial charge on any atom is -0.497 e. The molecule has 0 aliphatic rings. The van der Waals surface area contributed by atoms with Gasteiger partial charge in [0.2, 0.25) is 0 Å². The molecule has 29 heavy (non-hydrogen) atoms. The third-order valence-corrected chi connectivity index (χ3v) is 6.03. The van der Waals surface area contributed by atoms with Crippen LogP contribution in [-0.4, -0.2) is 45.3 Å². The van der Waals surface area contributed by atoms with Crippen LogP contribution < -0.4 is 20.1 Å². The number of nitrogens with zero attached hydrogens (tertiary/aromatic N) is 1. The molecule has 0 radical (unpaired) electrons. The number of aliphatic imine (C=N–C) groups is 1. The first-order valence-corrected chi connectivity index (χ1v) is 10.7. The molecular weight excluding hydrogens is 384 g/mol. The van der Waals surface area contributed by atoms with Crippen LogP contribution in [0.1, 0.15) is 29.8 Å². The van der Waals surface area contributed by atoms with Gasteiger partial charge in [-0.3, -0.25) is 4.99 Å². The topological polar surface area (TPSA) is 70.7 Å². The summed E-state index contributed by atoms with van der Waals surface area (Å²) in [4.78, 5) is 9.18. The molecule has 0 saturated carbocycles. The lowest BCUT2D eigenvalue weighted by Gasteiger charge is -2.15. The lowest BCUT2D eigenvalue weighted by atomic mass is 10.1. The Morgan fingerprint density at radius 2 is 2.07 bits per heavy atom. The molecule has 3 aromatic rings. The number of thiophene rings is 1. The molecule has 2 heterocycles. The van der Waals surface area contributed by atoms with E-state index in [2.05, 4.69) is 51.1 Å². The van der Waals surface area contributed by atoms with Crippen molar-refractivity contribution in [2.45, 2.75) is 25.7 Å². The fourth-order valence-electron chi connectivity index (χ4n) is 3.29. The van der Waals surface area contributed by atoms with Crippen LogP contribution in [0.25, 0.3) is 10.9 Å². The molecule has 0 saturated heterocycles. The second-order valence-electron chi connectivity index (χ2n) is 6.99. The lowest BCUT2D eigenvalue weighted by molar-refractivity contribution is 0.398. The van der Waals surface area contributed by atoms with E-state index in [1.807, 2.05) is 19.2 Å². The van der Waals surface area contributed by atoms with E-state index in [9.17, 15) is 0 Å². The minimum atomic E-state index is 0.465. The van der Waals surface area contributed by atoms with Gasteiger partial charge in [0.05, 0.1) is 19.7 Å². The van der Waals surface area contributed by atoms with Gasteiger partial charge in [-0.1, -0.05) is 13.0 Å². The maximum absolute atomic E-state index is 5.49. The van der Waals surface area contributed by atoms with Gasteiger partial charge in [-0.15, -0.1) is 11.3 Å². The molecule has 3 rings (SSSR count). The number of H-pyrrole nitrogens is 1. The van der Waals surface area contributed by atoms with Crippen LogP contribution in [0.3, 0.4) is 0 Å². The Balaban J connectivity index is 1.48. The number of aromatic amines is 1. The molecule has 0 aliphatic heterocycles. The van der Waals surface area contributed by atoms with Crippen molar-refractivity contribution in [1.82, 2.24) is 15.6 Å². The number of hydrogen-bond acceptors (Lipinski definition) is 4. The molecule has 0 bridgehead atoms. The molecule has 0 amide bonds. The van der Waals surface area contributed by atoms with Gasteiger partial charge in [-0.25, -0.2) is 0 Å². The Morgan fingerprint density at radius 1 is 1.21 bits per heavy atom. The molecule has 156 valence electrons. The van der Waals surface area contributed by atoms with Crippen molar-refractivity contribution in [2.75, 3.05) is 34.4 Å². The van der Waals surface area contributed by atoms with E-state index in [1.165, 1.54) is 10.6 Å². The average molecular weight is 415 g/mol. The van der Waals surface area contributed by atoms with Crippen LogP contribution >= 0.6 is 11.3 Å². The summed E-state index contributed by atoms with van der Waals surface area (Å²) >= 11 is 1.80. The summed E-state index contributed by atoms with van der Waals surface area (Å²) in [6.45, 7) is 3.94. The van der Waals surface area contributed by atoms with E-state index < -0.39 is 0 Å². The fraction of sp³-hybridized carbons (Fsp3) is 0.409. The Kier molecular flexibility index (Phi) is 7.41. The van der Waals surface area contributed by atoms with Gasteiger partial charge in [-0.05, 0) is 30.4 Å². The summed E-state index contributed by atoms with van der Waals surface area (Å²) in [5.74, 6) is 2.92. The Hall–Kier alpha value is -2.67. The fourth-order valence-corrected chi connectivity index (χ4v) is 4.07. The van der Waals surface area contributed by atoms with Crippen LogP contribution in [-0.2, 0) is 6.42 Å². The highest BCUT2D eigenvalue weighted by Gasteiger charge is 2.10. The second kappa shape index (κ2) is 10.2. The molecule has 2 aromatic heterocycles. The lowest BCUT2D eigenvalue weighted by Crippen LogP contribution is -2.39. The number of aromatic nitrogens is 1. The summed E-state index contributed by atoms with van der Waals surface area (Å²) in [5.41, 5.74) is 2.21. The molecule has 0 aliphatic carbocycles. The van der Waals surface area contributed by atoms with Gasteiger partial charge in [0.25, 0.3) is 0 Å². The van der Waals surface area contributed by atoms with Gasteiger partial charge in [0.1, 0.15) is 11.5 Å². The van der Waals surface area contributed by atoms with Gasteiger partial charge >= 0.3 is 0 Å². The summed E-state index contributed by atoms with van der Waals surface area (Å²) in [5, 5.41) is 10.0. The molecular formula is C22H30N4O2S. The van der Waals surface area contributed by atoms with Gasteiger partial charge < -0.3 is 25.1 Å². The first-order valence-electron chi connectivity index (χ1n) is 9.86. The molecule has 3 N–H and O–H groups in total. The summed E-state index contributed by atoms with van der Waals surface area (Å²) in [6, 6.07) is 10.3. The van der Waals surface area contributed by atoms with E-state index in [0.717, 1.165) is 54.3 Å². The Bertz CT molecular complexity index is 934. The number of rotatable bonds is 9. The van der Waals surface area contributed by atoms with Crippen LogP contribution in [0, 0.1) is 0 Å². The first-order chi connectivity index (χ1) is 14.1. The number of benzene rings is 1. The van der Waals surface area contributed by atoms with Crippen LogP contribution in [0.2, 0.25) is 0 Å². The average Bonchev–Trinajstić information content (AvgIpc) is 3.41. The number of aryl methyl sites for hydroxylation is 1. The van der Waals surface area contributed by atoms with E-state index in [-0.39, 0.29) is 0 Å². The van der Waals surface area contributed by atoms with Gasteiger partial charge in [0.15, 0.2) is 5.96 Å². The van der Waals surface area contributed by atoms with Gasteiger partial charge in [0, 0.05) is 54.1 Å². The normalized spacial score (nSPS) is 12.8. The van der Waals surface area contributed by atoms with Crippen molar-refractivity contribution in [1.29, 1.82) is 0 Å². The number of nitrogens with one attached hydrogen (secondary N) is 3. The maximum Gasteiger partial charge on any atom is 0.190 e. The zero-order chi connectivity index (χ0) is 20.6. The van der Waals surface area contributed by atoms with E-state index in [1.54, 1.807) is 25.6 Å². The third-order valence-electron chi connectivity index (χ3n) is 4.93. The number of guanidine groups is 1. The van der Waals surface area contributed by atoms with Crippen LogP contribution in [0.5, 0.6) is 11.5 Å². The van der Waals surface area contributed by atoms with Crippen molar-refractivity contribution >= 4 is 28.2 Å². The molecule has 1 unspecified atom stereocenters. The predicted octanol–water partition coefficient (Wildman–Crippen LogP) is 4.15. The standard InChI is InChI=1S/C22H30N4O2S/c1-15(21-8-6-10-29-21)14-25-22(23-2)24-9-5-7-16-11-18-19(26-16)12-17(27-3)13-20(18)28-4/h6,8,10-13,15,26H,5,7,9,14H2,1-4H3,(H2,23,24,25). The van der Waals surface area contributed by atoms with E-state index >= 15 is 0 Å². The minimum absolute atomic E-state index is 0.465. The SMILES string of the molecule is CN=C(NCCCc1cc2c(OC)cc(OC)cc2[nH]1)NCC(C)c1cccs1. The van der Waals surface area contributed by atoms with E-state index in [0.29, 0.717) is 5.92 Å². The third kappa shape index (κ3) is 5.44. The maximum atomic E-state index is 5.49. The Morgan fingerprint density at radius 3 is 2.76 bits per heavy atom. The molecule has 1 atom stereocenters. The quantitative estimate of drug-likeness (QED) is 0.279. The predicted molar refractivity (Wildman–Crippen MR) is 122 cm³/mol. The summed E-state index contributed by atoms with van der Waals surface area (Å²) in [6.07, 6.45) is 1.93. The Labute approximate surface area is 176 Å².